The molecule has 5 rings (SSSR count). The van der Waals surface area contributed by atoms with Crippen molar-refractivity contribution in [3.05, 3.63) is 76.6 Å². The Bertz CT molecular complexity index is 1070. The minimum atomic E-state index is -0.0579. The van der Waals surface area contributed by atoms with Crippen LogP contribution in [-0.2, 0) is 0 Å². The maximum Gasteiger partial charge on any atom is 0.260 e. The molecule has 3 heterocycles. The summed E-state index contributed by atoms with van der Waals surface area (Å²) in [4.78, 5) is 24.8. The molecule has 2 aromatic carbocycles. The Balaban J connectivity index is 1.29. The summed E-state index contributed by atoms with van der Waals surface area (Å²) >= 11 is 0. The van der Waals surface area contributed by atoms with Gasteiger partial charge in [-0.2, -0.15) is 0 Å². The second-order valence-corrected chi connectivity index (χ2v) is 7.64. The average molecular weight is 372 g/mol. The summed E-state index contributed by atoms with van der Waals surface area (Å²) < 4.78 is 0. The van der Waals surface area contributed by atoms with Crippen molar-refractivity contribution in [1.82, 2.24) is 14.9 Å². The number of fused-ring (bicyclic) bond motifs is 1. The summed E-state index contributed by atoms with van der Waals surface area (Å²) in [6, 6.07) is 18.7. The van der Waals surface area contributed by atoms with Crippen LogP contribution in [-0.4, -0.2) is 47.1 Å². The Labute approximate surface area is 164 Å². The van der Waals surface area contributed by atoms with Gasteiger partial charge in [0.25, 0.3) is 5.56 Å². The Morgan fingerprint density at radius 2 is 1.82 bits per heavy atom. The number of benzene rings is 2. The maximum atomic E-state index is 12.4. The zero-order chi connectivity index (χ0) is 18.9. The van der Waals surface area contributed by atoms with Gasteiger partial charge in [0.15, 0.2) is 0 Å². The number of hydrogen-bond acceptors (Lipinski definition) is 4. The molecule has 2 aliphatic heterocycles. The largest absolute Gasteiger partial charge is 0.341 e. The first-order chi connectivity index (χ1) is 13.8. The molecule has 1 unspecified atom stereocenters. The molecule has 0 amide bonds. The summed E-state index contributed by atoms with van der Waals surface area (Å²) in [5.41, 5.74) is 3.50. The van der Waals surface area contributed by atoms with Gasteiger partial charge in [-0.1, -0.05) is 48.5 Å². The Kier molecular flexibility index (Phi) is 4.45. The third-order valence-corrected chi connectivity index (χ3v) is 5.96. The van der Waals surface area contributed by atoms with Gasteiger partial charge in [-0.3, -0.25) is 14.7 Å². The van der Waals surface area contributed by atoms with Crippen LogP contribution < -0.4 is 10.5 Å². The van der Waals surface area contributed by atoms with Gasteiger partial charge in [-0.05, 0) is 36.1 Å². The van der Waals surface area contributed by atoms with Crippen molar-refractivity contribution < 1.29 is 0 Å². The predicted octanol–water partition coefficient (Wildman–Crippen LogP) is 3.29. The number of H-pyrrole nitrogens is 1. The van der Waals surface area contributed by atoms with Crippen LogP contribution in [0.4, 0.5) is 5.95 Å². The molecule has 1 N–H and O–H groups in total. The van der Waals surface area contributed by atoms with E-state index >= 15 is 0 Å². The highest BCUT2D eigenvalue weighted by Crippen LogP contribution is 2.26. The SMILES string of the molecule is O=c1[nH]c(N2CCC(N3CC=C(c4ccccc4)CC3)C2)nc2ccccc12. The van der Waals surface area contributed by atoms with Crippen LogP contribution in [0.1, 0.15) is 18.4 Å². The van der Waals surface area contributed by atoms with Crippen LogP contribution in [0.3, 0.4) is 0 Å². The lowest BCUT2D eigenvalue weighted by atomic mass is 9.98. The first-order valence-corrected chi connectivity index (χ1v) is 10.0. The van der Waals surface area contributed by atoms with Gasteiger partial charge < -0.3 is 4.90 Å². The molecule has 1 aromatic heterocycles. The smallest absolute Gasteiger partial charge is 0.260 e. The van der Waals surface area contributed by atoms with Crippen LogP contribution in [0.25, 0.3) is 16.5 Å². The average Bonchev–Trinajstić information content (AvgIpc) is 3.25. The van der Waals surface area contributed by atoms with Gasteiger partial charge in [0.2, 0.25) is 5.95 Å². The Morgan fingerprint density at radius 1 is 1.00 bits per heavy atom. The van der Waals surface area contributed by atoms with E-state index < -0.39 is 0 Å². The highest BCUT2D eigenvalue weighted by molar-refractivity contribution is 5.78. The number of aromatic nitrogens is 2. The van der Waals surface area contributed by atoms with E-state index in [2.05, 4.69) is 56.2 Å². The van der Waals surface area contributed by atoms with E-state index in [9.17, 15) is 4.79 Å². The quantitative estimate of drug-likeness (QED) is 0.767. The molecule has 3 aromatic rings. The molecule has 2 aliphatic rings. The van der Waals surface area contributed by atoms with E-state index in [-0.39, 0.29) is 5.56 Å². The Morgan fingerprint density at radius 3 is 2.64 bits per heavy atom. The van der Waals surface area contributed by atoms with E-state index in [0.29, 0.717) is 17.4 Å². The molecule has 0 bridgehead atoms. The van der Waals surface area contributed by atoms with E-state index in [1.807, 2.05) is 24.3 Å². The molecule has 1 saturated heterocycles. The number of hydrogen-bond donors (Lipinski definition) is 1. The zero-order valence-electron chi connectivity index (χ0n) is 15.8. The van der Waals surface area contributed by atoms with Crippen LogP contribution in [0.15, 0.2) is 65.5 Å². The first kappa shape index (κ1) is 17.2. The van der Waals surface area contributed by atoms with Gasteiger partial charge in [-0.15, -0.1) is 0 Å². The monoisotopic (exact) mass is 372 g/mol. The second kappa shape index (κ2) is 7.24. The summed E-state index contributed by atoms with van der Waals surface area (Å²) in [6.45, 7) is 3.92. The first-order valence-electron chi connectivity index (χ1n) is 10.0. The lowest BCUT2D eigenvalue weighted by Crippen LogP contribution is -2.40. The molecule has 1 fully saturated rings. The normalized spacial score (nSPS) is 20.5. The summed E-state index contributed by atoms with van der Waals surface area (Å²) in [7, 11) is 0. The lowest BCUT2D eigenvalue weighted by molar-refractivity contribution is 0.231. The van der Waals surface area contributed by atoms with E-state index in [0.717, 1.165) is 44.5 Å². The molecule has 1 atom stereocenters. The zero-order valence-corrected chi connectivity index (χ0v) is 15.8. The number of aromatic amines is 1. The van der Waals surface area contributed by atoms with Crippen molar-refractivity contribution in [3.63, 3.8) is 0 Å². The molecule has 142 valence electrons. The lowest BCUT2D eigenvalue weighted by Gasteiger charge is -2.31. The predicted molar refractivity (Wildman–Crippen MR) is 114 cm³/mol. The highest BCUT2D eigenvalue weighted by atomic mass is 16.1. The second-order valence-electron chi connectivity index (χ2n) is 7.64. The van der Waals surface area contributed by atoms with Crippen LogP contribution in [0.2, 0.25) is 0 Å². The van der Waals surface area contributed by atoms with E-state index in [1.165, 1.54) is 11.1 Å². The van der Waals surface area contributed by atoms with Crippen molar-refractivity contribution in [3.8, 4) is 0 Å². The molecule has 0 radical (unpaired) electrons. The molecule has 0 saturated carbocycles. The molecule has 0 spiro atoms. The number of nitrogens with zero attached hydrogens (tertiary/aromatic N) is 3. The van der Waals surface area contributed by atoms with Crippen LogP contribution >= 0.6 is 0 Å². The highest BCUT2D eigenvalue weighted by Gasteiger charge is 2.30. The van der Waals surface area contributed by atoms with E-state index in [1.54, 1.807) is 0 Å². The van der Waals surface area contributed by atoms with Crippen LogP contribution in [0, 0.1) is 0 Å². The molecule has 0 aliphatic carbocycles. The van der Waals surface area contributed by atoms with Crippen molar-refractivity contribution in [2.75, 3.05) is 31.1 Å². The van der Waals surface area contributed by atoms with Crippen molar-refractivity contribution in [1.29, 1.82) is 0 Å². The molecule has 28 heavy (non-hydrogen) atoms. The third-order valence-electron chi connectivity index (χ3n) is 5.96. The van der Waals surface area contributed by atoms with Crippen LogP contribution in [0.5, 0.6) is 0 Å². The molecule has 5 heteroatoms. The standard InChI is InChI=1S/C23H24N4O/c28-22-20-8-4-5-9-21(20)24-23(25-22)27-15-12-19(16-27)26-13-10-18(11-14-26)17-6-2-1-3-7-17/h1-10,19H,11-16H2,(H,24,25,28). The van der Waals surface area contributed by atoms with Crippen molar-refractivity contribution >= 4 is 22.4 Å². The number of anilines is 1. The molecular formula is C23H24N4O. The van der Waals surface area contributed by atoms with Crippen molar-refractivity contribution in [2.24, 2.45) is 0 Å². The Hall–Kier alpha value is -2.92. The summed E-state index contributed by atoms with van der Waals surface area (Å²) in [6.07, 6.45) is 4.56. The van der Waals surface area contributed by atoms with Gasteiger partial charge in [0.05, 0.1) is 10.9 Å². The van der Waals surface area contributed by atoms with Gasteiger partial charge in [0.1, 0.15) is 0 Å². The summed E-state index contributed by atoms with van der Waals surface area (Å²) in [5, 5.41) is 0.650. The fourth-order valence-corrected chi connectivity index (χ4v) is 4.39. The number of rotatable bonds is 3. The number of nitrogens with one attached hydrogen (secondary N) is 1. The number of para-hydroxylation sites is 1. The molecule has 5 nitrogen and oxygen atoms in total. The topological polar surface area (TPSA) is 52.2 Å². The maximum absolute atomic E-state index is 12.4. The molecular weight excluding hydrogens is 348 g/mol. The van der Waals surface area contributed by atoms with Gasteiger partial charge in [-0.25, -0.2) is 4.98 Å². The van der Waals surface area contributed by atoms with Gasteiger partial charge >= 0.3 is 0 Å². The summed E-state index contributed by atoms with van der Waals surface area (Å²) in [5.74, 6) is 0.698. The fourth-order valence-electron chi connectivity index (χ4n) is 4.39. The third kappa shape index (κ3) is 3.22. The minimum Gasteiger partial charge on any atom is -0.341 e. The fraction of sp³-hybridized carbons (Fsp3) is 0.304. The van der Waals surface area contributed by atoms with Crippen molar-refractivity contribution in [2.45, 2.75) is 18.9 Å². The van der Waals surface area contributed by atoms with E-state index in [4.69, 9.17) is 0 Å². The minimum absolute atomic E-state index is 0.0579. The van der Waals surface area contributed by atoms with Gasteiger partial charge in [0, 0.05) is 32.2 Å².